The van der Waals surface area contributed by atoms with E-state index in [0.717, 1.165) is 18.7 Å². The molecular formula is C18H22N2O. The van der Waals surface area contributed by atoms with E-state index in [-0.39, 0.29) is 6.04 Å². The number of rotatable bonds is 4. The first-order valence-corrected chi connectivity index (χ1v) is 7.35. The van der Waals surface area contributed by atoms with Crippen LogP contribution in [0, 0.1) is 0 Å². The Bertz CT molecular complexity index is 609. The number of hydrogen-bond donors (Lipinski definition) is 1. The van der Waals surface area contributed by atoms with Gasteiger partial charge in [-0.3, -0.25) is 4.90 Å². The van der Waals surface area contributed by atoms with Crippen LogP contribution in [0.5, 0.6) is 5.75 Å². The van der Waals surface area contributed by atoms with Crippen LogP contribution in [0.1, 0.15) is 22.7 Å². The number of ether oxygens (including phenoxy) is 1. The molecular weight excluding hydrogens is 260 g/mol. The summed E-state index contributed by atoms with van der Waals surface area (Å²) in [6.07, 6.45) is 1.03. The van der Waals surface area contributed by atoms with Crippen LogP contribution in [0.3, 0.4) is 0 Å². The summed E-state index contributed by atoms with van der Waals surface area (Å²) in [4.78, 5) is 2.35. The molecule has 0 aromatic heterocycles. The zero-order chi connectivity index (χ0) is 14.8. The summed E-state index contributed by atoms with van der Waals surface area (Å²) < 4.78 is 5.20. The van der Waals surface area contributed by atoms with E-state index in [2.05, 4.69) is 48.3 Å². The van der Waals surface area contributed by atoms with E-state index in [1.165, 1.54) is 16.7 Å². The summed E-state index contributed by atoms with van der Waals surface area (Å²) in [5.74, 6) is 0.895. The first kappa shape index (κ1) is 14.1. The highest BCUT2D eigenvalue weighted by molar-refractivity contribution is 5.37. The van der Waals surface area contributed by atoms with E-state index in [1.54, 1.807) is 7.11 Å². The Morgan fingerprint density at radius 1 is 1.14 bits per heavy atom. The Kier molecular flexibility index (Phi) is 3.95. The summed E-state index contributed by atoms with van der Waals surface area (Å²) in [5.41, 5.74) is 10.4. The van der Waals surface area contributed by atoms with Gasteiger partial charge in [0.05, 0.1) is 7.11 Å². The summed E-state index contributed by atoms with van der Waals surface area (Å²) in [6.45, 7) is 0.899. The van der Waals surface area contributed by atoms with E-state index in [1.807, 2.05) is 12.1 Å². The maximum absolute atomic E-state index is 6.43. The third-order valence-electron chi connectivity index (χ3n) is 4.41. The molecule has 0 aliphatic heterocycles. The van der Waals surface area contributed by atoms with Crippen molar-refractivity contribution in [3.8, 4) is 5.75 Å². The van der Waals surface area contributed by atoms with Gasteiger partial charge >= 0.3 is 0 Å². The van der Waals surface area contributed by atoms with Crippen LogP contribution in [0.25, 0.3) is 0 Å². The zero-order valence-electron chi connectivity index (χ0n) is 12.6. The fourth-order valence-electron chi connectivity index (χ4n) is 3.17. The minimum Gasteiger partial charge on any atom is -0.497 e. The predicted molar refractivity (Wildman–Crippen MR) is 85.3 cm³/mol. The molecule has 2 N–H and O–H groups in total. The molecule has 0 fully saturated rings. The molecule has 2 unspecified atom stereocenters. The molecule has 2 aromatic carbocycles. The van der Waals surface area contributed by atoms with Crippen molar-refractivity contribution < 1.29 is 4.74 Å². The van der Waals surface area contributed by atoms with Gasteiger partial charge in [-0.2, -0.15) is 0 Å². The van der Waals surface area contributed by atoms with Crippen LogP contribution in [0.15, 0.2) is 48.5 Å². The predicted octanol–water partition coefficient (Wildman–Crippen LogP) is 2.75. The van der Waals surface area contributed by atoms with Crippen LogP contribution in [-0.2, 0) is 13.0 Å². The molecule has 3 heteroatoms. The van der Waals surface area contributed by atoms with Crippen molar-refractivity contribution in [3.05, 3.63) is 65.2 Å². The average Bonchev–Trinajstić information content (AvgIpc) is 2.86. The standard InChI is InChI=1S/C18H22N2O/c1-20(12-13-7-9-15(21-2)10-8-13)17-11-14-5-3-4-6-16(14)18(17)19/h3-10,17-18H,11-12,19H2,1-2H3. The lowest BCUT2D eigenvalue weighted by molar-refractivity contribution is 0.214. The molecule has 1 aliphatic carbocycles. The number of likely N-dealkylation sites (N-methyl/N-ethyl adjacent to an activating group) is 1. The van der Waals surface area contributed by atoms with E-state index in [4.69, 9.17) is 10.5 Å². The fraction of sp³-hybridized carbons (Fsp3) is 0.333. The number of nitrogens with two attached hydrogens (primary N) is 1. The molecule has 0 radical (unpaired) electrons. The highest BCUT2D eigenvalue weighted by atomic mass is 16.5. The lowest BCUT2D eigenvalue weighted by Crippen LogP contribution is -2.37. The van der Waals surface area contributed by atoms with Crippen molar-refractivity contribution in [1.29, 1.82) is 0 Å². The number of nitrogens with zero attached hydrogens (tertiary/aromatic N) is 1. The summed E-state index contributed by atoms with van der Waals surface area (Å²) in [7, 11) is 3.84. The molecule has 1 aliphatic rings. The van der Waals surface area contributed by atoms with Gasteiger partial charge < -0.3 is 10.5 Å². The van der Waals surface area contributed by atoms with Gasteiger partial charge in [-0.1, -0.05) is 36.4 Å². The molecule has 0 heterocycles. The first-order valence-electron chi connectivity index (χ1n) is 7.35. The molecule has 110 valence electrons. The molecule has 2 atom stereocenters. The minimum atomic E-state index is 0.101. The van der Waals surface area contributed by atoms with E-state index < -0.39 is 0 Å². The van der Waals surface area contributed by atoms with Gasteiger partial charge in [0.1, 0.15) is 5.75 Å². The lowest BCUT2D eigenvalue weighted by Gasteiger charge is -2.28. The van der Waals surface area contributed by atoms with Crippen molar-refractivity contribution >= 4 is 0 Å². The largest absolute Gasteiger partial charge is 0.497 e. The first-order chi connectivity index (χ1) is 10.2. The number of hydrogen-bond acceptors (Lipinski definition) is 3. The average molecular weight is 282 g/mol. The van der Waals surface area contributed by atoms with Crippen molar-refractivity contribution in [2.45, 2.75) is 25.0 Å². The van der Waals surface area contributed by atoms with Gasteiger partial charge in [0.2, 0.25) is 0 Å². The molecule has 0 spiro atoms. The van der Waals surface area contributed by atoms with E-state index >= 15 is 0 Å². The highest BCUT2D eigenvalue weighted by Gasteiger charge is 2.31. The topological polar surface area (TPSA) is 38.5 Å². The van der Waals surface area contributed by atoms with Crippen molar-refractivity contribution in [2.24, 2.45) is 5.73 Å². The van der Waals surface area contributed by atoms with Crippen LogP contribution in [0.4, 0.5) is 0 Å². The quantitative estimate of drug-likeness (QED) is 0.937. The Labute approximate surface area is 126 Å². The van der Waals surface area contributed by atoms with Crippen molar-refractivity contribution in [3.63, 3.8) is 0 Å². The minimum absolute atomic E-state index is 0.101. The molecule has 3 nitrogen and oxygen atoms in total. The van der Waals surface area contributed by atoms with Crippen LogP contribution in [0.2, 0.25) is 0 Å². The van der Waals surface area contributed by atoms with Crippen LogP contribution < -0.4 is 10.5 Å². The number of methoxy groups -OCH3 is 1. The Morgan fingerprint density at radius 3 is 2.52 bits per heavy atom. The van der Waals surface area contributed by atoms with Crippen LogP contribution in [-0.4, -0.2) is 25.1 Å². The normalized spacial score (nSPS) is 20.6. The zero-order valence-corrected chi connectivity index (χ0v) is 12.6. The monoisotopic (exact) mass is 282 g/mol. The third-order valence-corrected chi connectivity index (χ3v) is 4.41. The summed E-state index contributed by atoms with van der Waals surface area (Å²) >= 11 is 0. The Morgan fingerprint density at radius 2 is 1.86 bits per heavy atom. The molecule has 21 heavy (non-hydrogen) atoms. The van der Waals surface area contributed by atoms with E-state index in [9.17, 15) is 0 Å². The Balaban J connectivity index is 1.70. The maximum atomic E-state index is 6.43. The second-order valence-electron chi connectivity index (χ2n) is 5.76. The fourth-order valence-corrected chi connectivity index (χ4v) is 3.17. The second-order valence-corrected chi connectivity index (χ2v) is 5.76. The van der Waals surface area contributed by atoms with Gasteiger partial charge in [-0.25, -0.2) is 0 Å². The lowest BCUT2D eigenvalue weighted by atomic mass is 10.1. The Hall–Kier alpha value is -1.84. The third kappa shape index (κ3) is 2.80. The van der Waals surface area contributed by atoms with E-state index in [0.29, 0.717) is 6.04 Å². The van der Waals surface area contributed by atoms with Gasteiger partial charge in [0.15, 0.2) is 0 Å². The SMILES string of the molecule is COc1ccc(CN(C)C2Cc3ccccc3C2N)cc1. The van der Waals surface area contributed by atoms with Crippen molar-refractivity contribution in [2.75, 3.05) is 14.2 Å². The van der Waals surface area contributed by atoms with Crippen LogP contribution >= 0.6 is 0 Å². The number of fused-ring (bicyclic) bond motifs is 1. The van der Waals surface area contributed by atoms with Crippen molar-refractivity contribution in [1.82, 2.24) is 4.90 Å². The molecule has 0 saturated heterocycles. The molecule has 0 bridgehead atoms. The molecule has 3 rings (SSSR count). The van der Waals surface area contributed by atoms with Gasteiger partial charge in [0, 0.05) is 18.6 Å². The smallest absolute Gasteiger partial charge is 0.118 e. The summed E-state index contributed by atoms with van der Waals surface area (Å²) in [5, 5.41) is 0. The summed E-state index contributed by atoms with van der Waals surface area (Å²) in [6, 6.07) is 17.2. The molecule has 0 amide bonds. The molecule has 0 saturated carbocycles. The number of benzene rings is 2. The van der Waals surface area contributed by atoms with Gasteiger partial charge in [-0.15, -0.1) is 0 Å². The van der Waals surface area contributed by atoms with Gasteiger partial charge in [-0.05, 0) is 42.3 Å². The van der Waals surface area contributed by atoms with Gasteiger partial charge in [0.25, 0.3) is 0 Å². The highest BCUT2D eigenvalue weighted by Crippen LogP contribution is 2.32. The maximum Gasteiger partial charge on any atom is 0.118 e. The second kappa shape index (κ2) is 5.88. The molecule has 2 aromatic rings.